The monoisotopic (exact) mass is 620 g/mol. The molecule has 0 bridgehead atoms. The number of hydrogen-bond donors (Lipinski definition) is 3. The quantitative estimate of drug-likeness (QED) is 0.156. The van der Waals surface area contributed by atoms with E-state index in [1.165, 1.54) is 13.1 Å². The Balaban J connectivity index is 1.15. The molecule has 0 radical (unpaired) electrons. The number of nitrogens with zero attached hydrogens (tertiary/aromatic N) is 2. The van der Waals surface area contributed by atoms with Crippen LogP contribution >= 0.6 is 11.8 Å². The van der Waals surface area contributed by atoms with E-state index >= 15 is 0 Å². The summed E-state index contributed by atoms with van der Waals surface area (Å²) in [6.45, 7) is 1.47. The van der Waals surface area contributed by atoms with Crippen molar-refractivity contribution in [2.75, 3.05) is 16.4 Å². The second kappa shape index (κ2) is 14.0. The first-order valence-corrected chi connectivity index (χ1v) is 15.6. The van der Waals surface area contributed by atoms with E-state index in [0.29, 0.717) is 23.4 Å². The molecule has 228 valence electrons. The van der Waals surface area contributed by atoms with Crippen LogP contribution in [0.15, 0.2) is 108 Å². The molecule has 2 amide bonds. The second-order valence-electron chi connectivity index (χ2n) is 10.7. The van der Waals surface area contributed by atoms with Crippen LogP contribution in [0.4, 0.5) is 11.4 Å². The lowest BCUT2D eigenvalue weighted by atomic mass is 10.0. The van der Waals surface area contributed by atoms with Gasteiger partial charge in [0, 0.05) is 40.9 Å². The molecular weight excluding hydrogens is 588 g/mol. The van der Waals surface area contributed by atoms with E-state index in [-0.39, 0.29) is 36.3 Å². The lowest BCUT2D eigenvalue weighted by molar-refractivity contribution is -0.245. The number of aliphatic hydroxyl groups is 1. The number of carbonyl (C=O) groups is 2. The van der Waals surface area contributed by atoms with Crippen LogP contribution in [0, 0.1) is 0 Å². The summed E-state index contributed by atoms with van der Waals surface area (Å²) < 4.78 is 12.9. The highest BCUT2D eigenvalue weighted by Crippen LogP contribution is 2.39. The standard InChI is InChI=1S/C35H32N4O5S/c1-22(41)37-26-14-16-29(17-15-26)45-21-28-18-33(24-8-6-23(20-40)7-9-24)44-35(43-28)25-10-12-27(13-11-25)38-34(42)32-19-36-30-4-2-3-5-31(30)39-32/h2-17,19,28,33,35,40H,18,20-21H2,1H3,(H,37,41)(H,38,42). The van der Waals surface area contributed by atoms with Crippen molar-refractivity contribution in [3.8, 4) is 0 Å². The molecule has 4 aromatic carbocycles. The molecule has 3 atom stereocenters. The molecule has 45 heavy (non-hydrogen) atoms. The van der Waals surface area contributed by atoms with Crippen molar-refractivity contribution in [1.29, 1.82) is 0 Å². The lowest BCUT2D eigenvalue weighted by Gasteiger charge is -2.36. The van der Waals surface area contributed by atoms with Gasteiger partial charge in [-0.25, -0.2) is 4.98 Å². The van der Waals surface area contributed by atoms with Gasteiger partial charge in [0.2, 0.25) is 5.91 Å². The first-order valence-electron chi connectivity index (χ1n) is 14.6. The molecule has 3 N–H and O–H groups in total. The number of benzene rings is 4. The van der Waals surface area contributed by atoms with E-state index < -0.39 is 6.29 Å². The van der Waals surface area contributed by atoms with Crippen LogP contribution in [-0.4, -0.2) is 38.7 Å². The number of para-hydroxylation sites is 2. The van der Waals surface area contributed by atoms with E-state index in [0.717, 1.165) is 32.8 Å². The summed E-state index contributed by atoms with van der Waals surface area (Å²) in [6, 6.07) is 30.3. The van der Waals surface area contributed by atoms with Crippen LogP contribution in [0.25, 0.3) is 11.0 Å². The van der Waals surface area contributed by atoms with Gasteiger partial charge >= 0.3 is 0 Å². The number of rotatable bonds is 9. The molecule has 1 aliphatic heterocycles. The summed E-state index contributed by atoms with van der Waals surface area (Å²) in [5, 5.41) is 15.2. The third-order valence-electron chi connectivity index (χ3n) is 7.35. The van der Waals surface area contributed by atoms with E-state index in [4.69, 9.17) is 9.47 Å². The van der Waals surface area contributed by atoms with Gasteiger partial charge in [0.25, 0.3) is 5.91 Å². The summed E-state index contributed by atoms with van der Waals surface area (Å²) >= 11 is 1.68. The largest absolute Gasteiger partial charge is 0.392 e. The molecule has 9 nitrogen and oxygen atoms in total. The molecular formula is C35H32N4O5S. The number of nitrogens with one attached hydrogen (secondary N) is 2. The van der Waals surface area contributed by atoms with Crippen LogP contribution in [0.1, 0.15) is 52.9 Å². The van der Waals surface area contributed by atoms with Gasteiger partial charge in [-0.2, -0.15) is 0 Å². The van der Waals surface area contributed by atoms with Gasteiger partial charge < -0.3 is 25.2 Å². The maximum atomic E-state index is 12.9. The zero-order chi connectivity index (χ0) is 31.2. The van der Waals surface area contributed by atoms with Gasteiger partial charge in [0.15, 0.2) is 6.29 Å². The maximum absolute atomic E-state index is 12.9. The third kappa shape index (κ3) is 7.73. The van der Waals surface area contributed by atoms with Gasteiger partial charge in [-0.05, 0) is 59.7 Å². The van der Waals surface area contributed by atoms with Crippen LogP contribution < -0.4 is 10.6 Å². The van der Waals surface area contributed by atoms with Gasteiger partial charge in [-0.15, -0.1) is 11.8 Å². The third-order valence-corrected chi connectivity index (χ3v) is 8.49. The fraction of sp³-hybridized carbons (Fsp3) is 0.200. The van der Waals surface area contributed by atoms with E-state index in [1.807, 2.05) is 97.1 Å². The molecule has 2 heterocycles. The van der Waals surface area contributed by atoms with Gasteiger partial charge in [0.1, 0.15) is 5.69 Å². The molecule has 5 aromatic rings. The fourth-order valence-electron chi connectivity index (χ4n) is 5.03. The van der Waals surface area contributed by atoms with Gasteiger partial charge in [0.05, 0.1) is 36.0 Å². The average molecular weight is 621 g/mol. The molecule has 1 fully saturated rings. The predicted octanol–water partition coefficient (Wildman–Crippen LogP) is 6.67. The number of anilines is 2. The Morgan fingerprint density at radius 1 is 0.844 bits per heavy atom. The first kappa shape index (κ1) is 30.4. The van der Waals surface area contributed by atoms with E-state index in [1.54, 1.807) is 11.8 Å². The van der Waals surface area contributed by atoms with Crippen LogP contribution in [0.3, 0.4) is 0 Å². The molecule has 1 saturated heterocycles. The Morgan fingerprint density at radius 2 is 1.51 bits per heavy atom. The zero-order valence-electron chi connectivity index (χ0n) is 24.6. The lowest BCUT2D eigenvalue weighted by Crippen LogP contribution is -2.31. The van der Waals surface area contributed by atoms with Crippen LogP contribution in [0.5, 0.6) is 0 Å². The van der Waals surface area contributed by atoms with Crippen LogP contribution in [-0.2, 0) is 20.9 Å². The zero-order valence-corrected chi connectivity index (χ0v) is 25.4. The van der Waals surface area contributed by atoms with Crippen molar-refractivity contribution in [3.63, 3.8) is 0 Å². The minimum atomic E-state index is -0.620. The Kier molecular flexibility index (Phi) is 9.46. The number of hydrogen-bond acceptors (Lipinski definition) is 8. The van der Waals surface area contributed by atoms with Crippen molar-refractivity contribution in [3.05, 3.63) is 126 Å². The number of carbonyl (C=O) groups excluding carboxylic acids is 2. The van der Waals surface area contributed by atoms with Crippen LogP contribution in [0.2, 0.25) is 0 Å². The van der Waals surface area contributed by atoms with Crippen molar-refractivity contribution < 1.29 is 24.2 Å². The smallest absolute Gasteiger partial charge is 0.275 e. The van der Waals surface area contributed by atoms with E-state index in [9.17, 15) is 14.7 Å². The number of aliphatic hydroxyl groups excluding tert-OH is 1. The maximum Gasteiger partial charge on any atom is 0.275 e. The number of thioether (sulfide) groups is 1. The Hall–Kier alpha value is -4.61. The number of ether oxygens (including phenoxy) is 2. The summed E-state index contributed by atoms with van der Waals surface area (Å²) in [6.07, 6.45) is 1.18. The van der Waals surface area contributed by atoms with Crippen molar-refractivity contribution in [2.24, 2.45) is 0 Å². The first-order chi connectivity index (χ1) is 21.9. The molecule has 3 unspecified atom stereocenters. The van der Waals surface area contributed by atoms with E-state index in [2.05, 4.69) is 20.6 Å². The highest BCUT2D eigenvalue weighted by molar-refractivity contribution is 7.99. The topological polar surface area (TPSA) is 123 Å². The minimum Gasteiger partial charge on any atom is -0.392 e. The van der Waals surface area contributed by atoms with Crippen molar-refractivity contribution >= 4 is 46.0 Å². The molecule has 10 heteroatoms. The minimum absolute atomic E-state index is 0.0200. The molecule has 0 saturated carbocycles. The second-order valence-corrected chi connectivity index (χ2v) is 11.8. The van der Waals surface area contributed by atoms with Gasteiger partial charge in [-0.1, -0.05) is 48.5 Å². The molecule has 0 aliphatic carbocycles. The summed E-state index contributed by atoms with van der Waals surface area (Å²) in [5.74, 6) is 0.246. The molecule has 6 rings (SSSR count). The predicted molar refractivity (Wildman–Crippen MR) is 174 cm³/mol. The highest BCUT2D eigenvalue weighted by Gasteiger charge is 2.32. The Bertz CT molecular complexity index is 1780. The average Bonchev–Trinajstić information content (AvgIpc) is 3.07. The fourth-order valence-corrected chi connectivity index (χ4v) is 5.96. The number of fused-ring (bicyclic) bond motifs is 1. The number of aromatic nitrogens is 2. The highest BCUT2D eigenvalue weighted by atomic mass is 32.2. The molecule has 1 aromatic heterocycles. The Labute approximate surface area is 265 Å². The summed E-state index contributed by atoms with van der Waals surface area (Å²) in [4.78, 5) is 34.1. The summed E-state index contributed by atoms with van der Waals surface area (Å²) in [7, 11) is 0. The SMILES string of the molecule is CC(=O)Nc1ccc(SCC2CC(c3ccc(CO)cc3)OC(c3ccc(NC(=O)c4cnc5ccccc5n4)cc3)O2)cc1. The van der Waals surface area contributed by atoms with Crippen molar-refractivity contribution in [2.45, 2.75) is 43.3 Å². The summed E-state index contributed by atoms with van der Waals surface area (Å²) in [5.41, 5.74) is 5.65. The Morgan fingerprint density at radius 3 is 2.22 bits per heavy atom. The number of amides is 2. The normalized spacial score (nSPS) is 18.0. The molecule has 1 aliphatic rings. The molecule has 0 spiro atoms. The van der Waals surface area contributed by atoms with Gasteiger partial charge in [-0.3, -0.25) is 14.6 Å². The van der Waals surface area contributed by atoms with Crippen molar-refractivity contribution in [1.82, 2.24) is 9.97 Å².